The van der Waals surface area contributed by atoms with Crippen LogP contribution in [0.3, 0.4) is 0 Å². The van der Waals surface area contributed by atoms with Crippen LogP contribution in [0.4, 0.5) is 0 Å². The number of esters is 2. The standard InChI is InChI=1S/C20H18O4/c1-9(21)23-19-15-11-3-5-13(7-11)17(15)20(24-10(2)22)18-14-6-4-12(8-14)16(18)19/h3-6,11-14H,7-8H2,1-2H3/t11-,12+,13-,14+. The molecule has 1 aromatic carbocycles. The Morgan fingerprint density at radius 3 is 1.25 bits per heavy atom. The molecule has 4 nitrogen and oxygen atoms in total. The van der Waals surface area contributed by atoms with Crippen molar-refractivity contribution in [2.45, 2.75) is 50.4 Å². The fourth-order valence-electron chi connectivity index (χ4n) is 5.01. The van der Waals surface area contributed by atoms with Crippen molar-refractivity contribution in [2.24, 2.45) is 0 Å². The summed E-state index contributed by atoms with van der Waals surface area (Å²) >= 11 is 0. The van der Waals surface area contributed by atoms with E-state index in [1.54, 1.807) is 0 Å². The van der Waals surface area contributed by atoms with Crippen molar-refractivity contribution in [2.75, 3.05) is 0 Å². The van der Waals surface area contributed by atoms with Gasteiger partial charge in [0.1, 0.15) is 11.5 Å². The zero-order valence-electron chi connectivity index (χ0n) is 13.7. The van der Waals surface area contributed by atoms with Gasteiger partial charge in [0.15, 0.2) is 0 Å². The summed E-state index contributed by atoms with van der Waals surface area (Å²) in [7, 11) is 0. The molecular formula is C20H18O4. The van der Waals surface area contributed by atoms with E-state index < -0.39 is 0 Å². The Bertz CT molecular complexity index is 741. The summed E-state index contributed by atoms with van der Waals surface area (Å²) in [6.45, 7) is 2.90. The van der Waals surface area contributed by atoms with Crippen LogP contribution < -0.4 is 9.47 Å². The van der Waals surface area contributed by atoms with E-state index in [-0.39, 0.29) is 35.6 Å². The summed E-state index contributed by atoms with van der Waals surface area (Å²) in [5, 5.41) is 0. The lowest BCUT2D eigenvalue weighted by molar-refractivity contribution is -0.133. The van der Waals surface area contributed by atoms with E-state index in [1.807, 2.05) is 0 Å². The maximum Gasteiger partial charge on any atom is 0.308 e. The topological polar surface area (TPSA) is 52.6 Å². The van der Waals surface area contributed by atoms with Crippen LogP contribution in [0.1, 0.15) is 72.6 Å². The van der Waals surface area contributed by atoms with Crippen LogP contribution in [-0.2, 0) is 9.59 Å². The number of carbonyl (C=O) groups excluding carboxylic acids is 2. The first kappa shape index (κ1) is 14.0. The van der Waals surface area contributed by atoms with E-state index in [4.69, 9.17) is 9.47 Å². The number of allylic oxidation sites excluding steroid dienone is 4. The smallest absolute Gasteiger partial charge is 0.308 e. The first-order chi connectivity index (χ1) is 11.5. The third-order valence-corrected chi connectivity index (χ3v) is 5.70. The monoisotopic (exact) mass is 322 g/mol. The predicted molar refractivity (Wildman–Crippen MR) is 87.5 cm³/mol. The molecule has 1 aromatic rings. The Hall–Kier alpha value is -2.36. The van der Waals surface area contributed by atoms with Gasteiger partial charge in [-0.05, 0) is 12.8 Å². The van der Waals surface area contributed by atoms with Crippen molar-refractivity contribution < 1.29 is 19.1 Å². The van der Waals surface area contributed by atoms with E-state index in [2.05, 4.69) is 24.3 Å². The first-order valence-corrected chi connectivity index (χ1v) is 8.51. The normalized spacial score (nSPS) is 29.8. The largest absolute Gasteiger partial charge is 0.426 e. The molecule has 0 saturated heterocycles. The molecule has 4 aliphatic rings. The van der Waals surface area contributed by atoms with E-state index in [1.165, 1.54) is 13.8 Å². The summed E-state index contributed by atoms with van der Waals surface area (Å²) in [4.78, 5) is 23.5. The fourth-order valence-corrected chi connectivity index (χ4v) is 5.01. The Balaban J connectivity index is 1.83. The number of hydrogen-bond donors (Lipinski definition) is 0. The highest BCUT2D eigenvalue weighted by molar-refractivity contribution is 5.79. The Morgan fingerprint density at radius 2 is 1.00 bits per heavy atom. The quantitative estimate of drug-likeness (QED) is 0.472. The lowest BCUT2D eigenvalue weighted by Crippen LogP contribution is -2.15. The van der Waals surface area contributed by atoms with Gasteiger partial charge in [-0.2, -0.15) is 0 Å². The highest BCUT2D eigenvalue weighted by Crippen LogP contribution is 2.64. The van der Waals surface area contributed by atoms with Gasteiger partial charge in [0.25, 0.3) is 0 Å². The van der Waals surface area contributed by atoms with Gasteiger partial charge < -0.3 is 9.47 Å². The predicted octanol–water partition coefficient (Wildman–Crippen LogP) is 3.82. The van der Waals surface area contributed by atoms with Crippen molar-refractivity contribution in [3.8, 4) is 11.5 Å². The molecule has 5 rings (SSSR count). The minimum absolute atomic E-state index is 0.252. The van der Waals surface area contributed by atoms with Crippen molar-refractivity contribution in [3.63, 3.8) is 0 Å². The SMILES string of the molecule is CC(=O)Oc1c2c(c(OC(C)=O)c3c1[C@H]1C=C[C@H]3C1)[C@@H]1C=C[C@@H]2C1. The summed E-state index contributed by atoms with van der Waals surface area (Å²) in [6.07, 6.45) is 10.7. The lowest BCUT2D eigenvalue weighted by Gasteiger charge is -2.26. The summed E-state index contributed by atoms with van der Waals surface area (Å²) < 4.78 is 11.4. The number of benzene rings is 1. The second-order valence-electron chi connectivity index (χ2n) is 7.17. The second kappa shape index (κ2) is 4.59. The number of carbonyl (C=O) groups is 2. The van der Waals surface area contributed by atoms with Crippen LogP contribution in [-0.4, -0.2) is 11.9 Å². The van der Waals surface area contributed by atoms with Crippen molar-refractivity contribution in [3.05, 3.63) is 46.6 Å². The van der Waals surface area contributed by atoms with Crippen LogP contribution in [0.5, 0.6) is 11.5 Å². The van der Waals surface area contributed by atoms with E-state index >= 15 is 0 Å². The molecule has 0 fully saturated rings. The molecule has 0 radical (unpaired) electrons. The first-order valence-electron chi connectivity index (χ1n) is 8.51. The third-order valence-electron chi connectivity index (χ3n) is 5.70. The molecule has 4 bridgehead atoms. The molecule has 4 heteroatoms. The maximum atomic E-state index is 11.7. The van der Waals surface area contributed by atoms with Crippen LogP contribution in [0.15, 0.2) is 24.3 Å². The molecule has 0 amide bonds. The van der Waals surface area contributed by atoms with E-state index in [9.17, 15) is 9.59 Å². The van der Waals surface area contributed by atoms with Gasteiger partial charge in [-0.3, -0.25) is 9.59 Å². The number of fused-ring (bicyclic) bond motifs is 10. The number of ether oxygens (including phenoxy) is 2. The molecule has 4 aliphatic carbocycles. The Labute approximate surface area is 140 Å². The van der Waals surface area contributed by atoms with Gasteiger partial charge in [-0.25, -0.2) is 0 Å². The average molecular weight is 322 g/mol. The zero-order chi connectivity index (χ0) is 16.6. The summed E-state index contributed by atoms with van der Waals surface area (Å²) in [6, 6.07) is 0. The Morgan fingerprint density at radius 1 is 0.708 bits per heavy atom. The van der Waals surface area contributed by atoms with Crippen LogP contribution in [0.25, 0.3) is 0 Å². The molecule has 24 heavy (non-hydrogen) atoms. The van der Waals surface area contributed by atoms with Crippen LogP contribution in [0, 0.1) is 0 Å². The molecule has 4 atom stereocenters. The lowest BCUT2D eigenvalue weighted by atomic mass is 9.85. The second-order valence-corrected chi connectivity index (χ2v) is 7.17. The molecule has 0 aromatic heterocycles. The zero-order valence-corrected chi connectivity index (χ0v) is 13.7. The minimum Gasteiger partial charge on any atom is -0.426 e. The highest BCUT2D eigenvalue weighted by Gasteiger charge is 2.47. The van der Waals surface area contributed by atoms with Crippen LogP contribution in [0.2, 0.25) is 0 Å². The minimum atomic E-state index is -0.293. The van der Waals surface area contributed by atoms with Gasteiger partial charge >= 0.3 is 11.9 Å². The number of rotatable bonds is 2. The fraction of sp³-hybridized carbons (Fsp3) is 0.400. The molecule has 122 valence electrons. The summed E-state index contributed by atoms with van der Waals surface area (Å²) in [5.74, 6) is 1.89. The summed E-state index contributed by atoms with van der Waals surface area (Å²) in [5.41, 5.74) is 4.25. The van der Waals surface area contributed by atoms with Crippen molar-refractivity contribution in [1.29, 1.82) is 0 Å². The third kappa shape index (κ3) is 1.68. The molecular weight excluding hydrogens is 304 g/mol. The van der Waals surface area contributed by atoms with Gasteiger partial charge in [-0.1, -0.05) is 24.3 Å². The highest BCUT2D eigenvalue weighted by atomic mass is 16.5. The van der Waals surface area contributed by atoms with Gasteiger partial charge in [-0.15, -0.1) is 0 Å². The molecule has 0 heterocycles. The molecule has 0 N–H and O–H groups in total. The Kier molecular flexibility index (Phi) is 2.68. The van der Waals surface area contributed by atoms with E-state index in [0.29, 0.717) is 0 Å². The van der Waals surface area contributed by atoms with E-state index in [0.717, 1.165) is 46.6 Å². The molecule has 0 unspecified atom stereocenters. The average Bonchev–Trinajstić information content (AvgIpc) is 3.27. The van der Waals surface area contributed by atoms with Crippen molar-refractivity contribution >= 4 is 11.9 Å². The number of hydrogen-bond acceptors (Lipinski definition) is 4. The molecule has 0 saturated carbocycles. The molecule has 0 spiro atoms. The molecule has 0 aliphatic heterocycles. The van der Waals surface area contributed by atoms with Crippen LogP contribution >= 0.6 is 0 Å². The van der Waals surface area contributed by atoms with Gasteiger partial charge in [0.05, 0.1) is 0 Å². The maximum absolute atomic E-state index is 11.7. The van der Waals surface area contributed by atoms with Gasteiger partial charge in [0, 0.05) is 59.8 Å². The van der Waals surface area contributed by atoms with Crippen molar-refractivity contribution in [1.82, 2.24) is 0 Å². The van der Waals surface area contributed by atoms with Gasteiger partial charge in [0.2, 0.25) is 0 Å².